The molecule has 3 aromatic rings. The third kappa shape index (κ3) is 4.94. The van der Waals surface area contributed by atoms with E-state index in [4.69, 9.17) is 11.6 Å². The van der Waals surface area contributed by atoms with Crippen LogP contribution < -0.4 is 15.0 Å². The lowest BCUT2D eigenvalue weighted by Gasteiger charge is -2.19. The molecule has 0 radical (unpaired) electrons. The van der Waals surface area contributed by atoms with Crippen molar-refractivity contribution in [3.63, 3.8) is 0 Å². The number of carbonyl (C=O) groups is 1. The number of amides is 1. The van der Waals surface area contributed by atoms with Gasteiger partial charge in [0.15, 0.2) is 0 Å². The van der Waals surface area contributed by atoms with Gasteiger partial charge in [-0.25, -0.2) is 9.97 Å². The first-order valence-corrected chi connectivity index (χ1v) is 10.1. The summed E-state index contributed by atoms with van der Waals surface area (Å²) >= 11 is 6.05. The topological polar surface area (TPSA) is 67.4 Å². The van der Waals surface area contributed by atoms with Gasteiger partial charge in [0.05, 0.1) is 0 Å². The second-order valence-electron chi connectivity index (χ2n) is 7.18. The van der Waals surface area contributed by atoms with E-state index in [9.17, 15) is 18.0 Å². The molecular weight excluding hydrogens is 445 g/mol. The van der Waals surface area contributed by atoms with Crippen molar-refractivity contribution < 1.29 is 22.7 Å². The fourth-order valence-corrected chi connectivity index (χ4v) is 3.81. The molecule has 166 valence electrons. The highest BCUT2D eigenvalue weighted by Gasteiger charge is 2.32. The molecule has 0 atom stereocenters. The van der Waals surface area contributed by atoms with E-state index >= 15 is 0 Å². The summed E-state index contributed by atoms with van der Waals surface area (Å²) in [6.45, 7) is 2.33. The Labute approximate surface area is 187 Å². The van der Waals surface area contributed by atoms with Crippen LogP contribution in [0, 0.1) is 6.92 Å². The Bertz CT molecular complexity index is 1150. The minimum absolute atomic E-state index is 0.104. The summed E-state index contributed by atoms with van der Waals surface area (Å²) in [5.41, 5.74) is 2.52. The van der Waals surface area contributed by atoms with Crippen LogP contribution in [-0.2, 0) is 13.0 Å². The number of aromatic nitrogens is 2. The molecule has 2 aromatic carbocycles. The summed E-state index contributed by atoms with van der Waals surface area (Å²) in [5, 5.41) is 3.01. The monoisotopic (exact) mass is 462 g/mol. The number of anilines is 2. The van der Waals surface area contributed by atoms with Crippen LogP contribution in [0.4, 0.5) is 24.7 Å². The van der Waals surface area contributed by atoms with Crippen LogP contribution in [0.2, 0.25) is 5.15 Å². The van der Waals surface area contributed by atoms with Crippen molar-refractivity contribution in [2.45, 2.75) is 26.3 Å². The number of carbonyl (C=O) groups excluding carboxylic acids is 1. The van der Waals surface area contributed by atoms with Crippen molar-refractivity contribution in [2.24, 2.45) is 0 Å². The molecule has 0 aliphatic carbocycles. The van der Waals surface area contributed by atoms with Gasteiger partial charge < -0.3 is 15.0 Å². The average Bonchev–Trinajstić information content (AvgIpc) is 3.14. The maximum atomic E-state index is 12.6. The van der Waals surface area contributed by atoms with Gasteiger partial charge in [0.1, 0.15) is 22.5 Å². The molecule has 0 saturated heterocycles. The predicted molar refractivity (Wildman–Crippen MR) is 113 cm³/mol. The molecule has 0 unspecified atom stereocenters. The second kappa shape index (κ2) is 8.66. The molecule has 1 aromatic heterocycles. The Kier molecular flexibility index (Phi) is 5.92. The van der Waals surface area contributed by atoms with E-state index in [0.29, 0.717) is 35.3 Å². The average molecular weight is 463 g/mol. The molecule has 1 N–H and O–H groups in total. The van der Waals surface area contributed by atoms with E-state index in [1.165, 1.54) is 18.2 Å². The number of ether oxygens (including phenoxy) is 1. The largest absolute Gasteiger partial charge is 0.573 e. The van der Waals surface area contributed by atoms with Gasteiger partial charge in [-0.05, 0) is 43.2 Å². The minimum Gasteiger partial charge on any atom is -0.405 e. The Morgan fingerprint density at radius 3 is 2.72 bits per heavy atom. The Morgan fingerprint density at radius 2 is 1.97 bits per heavy atom. The lowest BCUT2D eigenvalue weighted by Crippen LogP contribution is -2.24. The van der Waals surface area contributed by atoms with Crippen LogP contribution >= 0.6 is 11.6 Å². The normalized spacial score (nSPS) is 13.1. The predicted octanol–water partition coefficient (Wildman–Crippen LogP) is 4.96. The molecule has 0 spiro atoms. The third-order valence-electron chi connectivity index (χ3n) is 4.94. The lowest BCUT2D eigenvalue weighted by molar-refractivity contribution is -0.274. The zero-order valence-electron chi connectivity index (χ0n) is 16.9. The van der Waals surface area contributed by atoms with Gasteiger partial charge in [0.25, 0.3) is 5.91 Å². The van der Waals surface area contributed by atoms with Gasteiger partial charge in [-0.3, -0.25) is 4.79 Å². The molecule has 2 heterocycles. The van der Waals surface area contributed by atoms with Gasteiger partial charge >= 0.3 is 6.36 Å². The van der Waals surface area contributed by atoms with Crippen molar-refractivity contribution >= 4 is 29.0 Å². The van der Waals surface area contributed by atoms with Crippen LogP contribution in [0.1, 0.15) is 27.3 Å². The van der Waals surface area contributed by atoms with Crippen molar-refractivity contribution in [3.8, 4) is 5.75 Å². The van der Waals surface area contributed by atoms with E-state index < -0.39 is 12.3 Å². The minimum atomic E-state index is -4.81. The standard InChI is InChI=1S/C22H18ClF3N4O2/c1-13-28-19(23)11-20(29-13)30-9-8-14-10-15(6-7-17(14)30)21(31)27-12-16-4-2-3-5-18(16)32-22(24,25)26/h2-7,10-11H,8-9,12H2,1H3,(H,27,31). The van der Waals surface area contributed by atoms with Gasteiger partial charge in [-0.2, -0.15) is 0 Å². The van der Waals surface area contributed by atoms with Gasteiger partial charge in [0, 0.05) is 36.0 Å². The fourth-order valence-electron chi connectivity index (χ4n) is 3.59. The van der Waals surface area contributed by atoms with E-state index in [1.54, 1.807) is 31.2 Å². The van der Waals surface area contributed by atoms with Crippen LogP contribution in [-0.4, -0.2) is 28.8 Å². The molecule has 32 heavy (non-hydrogen) atoms. The van der Waals surface area contributed by atoms with Crippen molar-refractivity contribution in [2.75, 3.05) is 11.4 Å². The van der Waals surface area contributed by atoms with E-state index in [0.717, 1.165) is 11.3 Å². The lowest BCUT2D eigenvalue weighted by atomic mass is 10.1. The molecule has 1 aliphatic rings. The number of hydrogen-bond acceptors (Lipinski definition) is 5. The Hall–Kier alpha value is -3.33. The summed E-state index contributed by atoms with van der Waals surface area (Å²) in [7, 11) is 0. The van der Waals surface area contributed by atoms with Crippen molar-refractivity contribution in [1.82, 2.24) is 15.3 Å². The number of nitrogens with zero attached hydrogens (tertiary/aromatic N) is 3. The highest BCUT2D eigenvalue weighted by Crippen LogP contribution is 2.35. The molecule has 1 aliphatic heterocycles. The molecule has 0 saturated carbocycles. The molecule has 0 fully saturated rings. The van der Waals surface area contributed by atoms with E-state index in [-0.39, 0.29) is 17.9 Å². The zero-order valence-corrected chi connectivity index (χ0v) is 17.7. The van der Waals surface area contributed by atoms with E-state index in [2.05, 4.69) is 20.0 Å². The van der Waals surface area contributed by atoms with Crippen LogP contribution in [0.25, 0.3) is 0 Å². The molecule has 6 nitrogen and oxygen atoms in total. The number of fused-ring (bicyclic) bond motifs is 1. The first-order chi connectivity index (χ1) is 15.2. The number of rotatable bonds is 5. The third-order valence-corrected chi connectivity index (χ3v) is 5.14. The smallest absolute Gasteiger partial charge is 0.405 e. The molecule has 10 heteroatoms. The highest BCUT2D eigenvalue weighted by atomic mass is 35.5. The molecule has 4 rings (SSSR count). The number of nitrogens with one attached hydrogen (secondary N) is 1. The second-order valence-corrected chi connectivity index (χ2v) is 7.57. The van der Waals surface area contributed by atoms with Gasteiger partial charge in [-0.15, -0.1) is 13.2 Å². The fraction of sp³-hybridized carbons (Fsp3) is 0.227. The number of benzene rings is 2. The SMILES string of the molecule is Cc1nc(Cl)cc(N2CCc3cc(C(=O)NCc4ccccc4OC(F)(F)F)ccc32)n1. The zero-order chi connectivity index (χ0) is 22.9. The quantitative estimate of drug-likeness (QED) is 0.543. The number of aryl methyl sites for hydroxylation is 1. The van der Waals surface area contributed by atoms with Crippen molar-refractivity contribution in [1.29, 1.82) is 0 Å². The molecule has 1 amide bonds. The van der Waals surface area contributed by atoms with Crippen molar-refractivity contribution in [3.05, 3.63) is 76.2 Å². The molecule has 0 bridgehead atoms. The summed E-state index contributed by atoms with van der Waals surface area (Å²) in [4.78, 5) is 23.1. The number of halogens is 4. The number of hydrogen-bond donors (Lipinski definition) is 1. The Morgan fingerprint density at radius 1 is 1.19 bits per heavy atom. The van der Waals surface area contributed by atoms with Crippen LogP contribution in [0.15, 0.2) is 48.5 Å². The highest BCUT2D eigenvalue weighted by molar-refractivity contribution is 6.29. The number of alkyl halides is 3. The van der Waals surface area contributed by atoms with E-state index in [1.807, 2.05) is 11.0 Å². The Balaban J connectivity index is 1.48. The van der Waals surface area contributed by atoms with Gasteiger partial charge in [0.2, 0.25) is 0 Å². The first-order valence-electron chi connectivity index (χ1n) is 9.73. The summed E-state index contributed by atoms with van der Waals surface area (Å²) in [6, 6.07) is 12.6. The number of para-hydroxylation sites is 1. The molecular formula is C22H18ClF3N4O2. The summed E-state index contributed by atoms with van der Waals surface area (Å²) < 4.78 is 41.8. The maximum Gasteiger partial charge on any atom is 0.573 e. The maximum absolute atomic E-state index is 12.6. The van der Waals surface area contributed by atoms with Gasteiger partial charge in [-0.1, -0.05) is 29.8 Å². The van der Waals surface area contributed by atoms with Crippen LogP contribution in [0.5, 0.6) is 5.75 Å². The van der Waals surface area contributed by atoms with Crippen LogP contribution in [0.3, 0.4) is 0 Å². The summed E-state index contributed by atoms with van der Waals surface area (Å²) in [6.07, 6.45) is -4.10. The summed E-state index contributed by atoms with van der Waals surface area (Å²) in [5.74, 6) is 0.504. The first kappa shape index (κ1) is 21.9.